The van der Waals surface area contributed by atoms with Gasteiger partial charge in [0.25, 0.3) is 0 Å². The van der Waals surface area contributed by atoms with Gasteiger partial charge in [-0.2, -0.15) is 0 Å². The summed E-state index contributed by atoms with van der Waals surface area (Å²) in [5, 5.41) is 3.66. The van der Waals surface area contributed by atoms with Crippen LogP contribution in [0, 0.1) is 0 Å². The molecule has 0 amide bonds. The molecule has 0 aromatic heterocycles. The molecule has 1 heterocycles. The summed E-state index contributed by atoms with van der Waals surface area (Å²) in [5.74, 6) is 0. The highest BCUT2D eigenvalue weighted by Crippen LogP contribution is 2.11. The maximum Gasteiger partial charge on any atom is 0.0593 e. The zero-order valence-corrected chi connectivity index (χ0v) is 12.1. The molecule has 2 rings (SSSR count). The topological polar surface area (TPSA) is 24.5 Å². The summed E-state index contributed by atoms with van der Waals surface area (Å²) < 4.78 is 5.48. The second kappa shape index (κ2) is 7.63. The van der Waals surface area contributed by atoms with E-state index in [1.54, 1.807) is 0 Å². The van der Waals surface area contributed by atoms with Crippen molar-refractivity contribution in [3.05, 3.63) is 35.9 Å². The molecule has 0 saturated carbocycles. The normalized spacial score (nSPS) is 24.5. The van der Waals surface area contributed by atoms with Crippen molar-refractivity contribution in [2.75, 3.05) is 32.8 Å². The number of hydrogen-bond donors (Lipinski definition) is 1. The Morgan fingerprint density at radius 2 is 2.11 bits per heavy atom. The van der Waals surface area contributed by atoms with Gasteiger partial charge < -0.3 is 10.1 Å². The van der Waals surface area contributed by atoms with Gasteiger partial charge in [-0.05, 0) is 25.8 Å². The fraction of sp³-hybridized carbons (Fsp3) is 0.625. The van der Waals surface area contributed by atoms with Gasteiger partial charge in [0.1, 0.15) is 0 Å². The Morgan fingerprint density at radius 1 is 1.32 bits per heavy atom. The van der Waals surface area contributed by atoms with Crippen LogP contribution in [0.3, 0.4) is 0 Å². The minimum atomic E-state index is 0.556. The summed E-state index contributed by atoms with van der Waals surface area (Å²) >= 11 is 0. The van der Waals surface area contributed by atoms with Gasteiger partial charge in [-0.15, -0.1) is 0 Å². The molecule has 106 valence electrons. The van der Waals surface area contributed by atoms with E-state index in [4.69, 9.17) is 4.74 Å². The lowest BCUT2D eigenvalue weighted by Gasteiger charge is -2.38. The number of nitrogens with zero attached hydrogens (tertiary/aromatic N) is 1. The van der Waals surface area contributed by atoms with E-state index in [0.29, 0.717) is 12.1 Å². The van der Waals surface area contributed by atoms with Crippen molar-refractivity contribution in [2.45, 2.75) is 32.4 Å². The zero-order valence-electron chi connectivity index (χ0n) is 12.1. The maximum atomic E-state index is 5.48. The van der Waals surface area contributed by atoms with E-state index in [1.807, 2.05) is 0 Å². The van der Waals surface area contributed by atoms with Crippen LogP contribution in [0.5, 0.6) is 0 Å². The largest absolute Gasteiger partial charge is 0.380 e. The Hall–Kier alpha value is -0.900. The third-order valence-corrected chi connectivity index (χ3v) is 3.83. The molecule has 3 nitrogen and oxygen atoms in total. The van der Waals surface area contributed by atoms with Gasteiger partial charge in [-0.25, -0.2) is 0 Å². The highest BCUT2D eigenvalue weighted by Gasteiger charge is 2.24. The molecule has 3 heteroatoms. The van der Waals surface area contributed by atoms with Crippen molar-refractivity contribution in [1.82, 2.24) is 10.2 Å². The van der Waals surface area contributed by atoms with Gasteiger partial charge in [-0.1, -0.05) is 30.3 Å². The second-order valence-corrected chi connectivity index (χ2v) is 5.34. The molecule has 0 bridgehead atoms. The number of ether oxygens (including phenoxy) is 1. The summed E-state index contributed by atoms with van der Waals surface area (Å²) in [6.07, 6.45) is 1.11. The molecule has 0 spiro atoms. The standard InChI is InChI=1S/C16H26N2O/c1-3-19-10-9-18-13-16(17-12-14(18)2)11-15-7-5-4-6-8-15/h4-8,14,16-17H,3,9-13H2,1-2H3. The predicted molar refractivity (Wildman–Crippen MR) is 79.5 cm³/mol. The lowest BCUT2D eigenvalue weighted by molar-refractivity contribution is 0.0758. The first kappa shape index (κ1) is 14.5. The summed E-state index contributed by atoms with van der Waals surface area (Å²) in [5.41, 5.74) is 1.42. The summed E-state index contributed by atoms with van der Waals surface area (Å²) in [6, 6.07) is 11.9. The summed E-state index contributed by atoms with van der Waals surface area (Å²) in [4.78, 5) is 2.54. The average Bonchev–Trinajstić information content (AvgIpc) is 2.44. The van der Waals surface area contributed by atoms with Gasteiger partial charge in [0.2, 0.25) is 0 Å². The maximum absolute atomic E-state index is 5.48. The van der Waals surface area contributed by atoms with Crippen molar-refractivity contribution >= 4 is 0 Å². The first-order chi connectivity index (χ1) is 9.29. The number of piperazine rings is 1. The van der Waals surface area contributed by atoms with Crippen molar-refractivity contribution in [3.63, 3.8) is 0 Å². The van der Waals surface area contributed by atoms with Crippen LogP contribution in [0.25, 0.3) is 0 Å². The van der Waals surface area contributed by atoms with Crippen LogP contribution in [-0.2, 0) is 11.2 Å². The fourth-order valence-electron chi connectivity index (χ4n) is 2.67. The molecule has 1 aromatic carbocycles. The molecule has 1 aliphatic heterocycles. The predicted octanol–water partition coefficient (Wildman–Crippen LogP) is 1.93. The van der Waals surface area contributed by atoms with Gasteiger partial charge in [0, 0.05) is 38.3 Å². The monoisotopic (exact) mass is 262 g/mol. The molecule has 2 atom stereocenters. The third-order valence-electron chi connectivity index (χ3n) is 3.83. The molecule has 0 radical (unpaired) electrons. The van der Waals surface area contributed by atoms with Crippen molar-refractivity contribution in [1.29, 1.82) is 0 Å². The number of rotatable bonds is 6. The smallest absolute Gasteiger partial charge is 0.0593 e. The summed E-state index contributed by atoms with van der Waals surface area (Å²) in [7, 11) is 0. The number of benzene rings is 1. The van der Waals surface area contributed by atoms with E-state index >= 15 is 0 Å². The Bertz CT molecular complexity index is 355. The Kier molecular flexibility index (Phi) is 5.83. The quantitative estimate of drug-likeness (QED) is 0.793. The molecule has 0 aliphatic carbocycles. The highest BCUT2D eigenvalue weighted by molar-refractivity contribution is 5.16. The number of hydrogen-bond acceptors (Lipinski definition) is 3. The van der Waals surface area contributed by atoms with Crippen LogP contribution in [0.4, 0.5) is 0 Å². The van der Waals surface area contributed by atoms with Crippen molar-refractivity contribution < 1.29 is 4.74 Å². The minimum absolute atomic E-state index is 0.556. The lowest BCUT2D eigenvalue weighted by Crippen LogP contribution is -2.56. The summed E-state index contributed by atoms with van der Waals surface area (Å²) in [6.45, 7) is 9.23. The molecule has 1 aromatic rings. The van der Waals surface area contributed by atoms with Gasteiger partial charge in [0.15, 0.2) is 0 Å². The van der Waals surface area contributed by atoms with Crippen LogP contribution < -0.4 is 5.32 Å². The molecule has 1 aliphatic rings. The second-order valence-electron chi connectivity index (χ2n) is 5.34. The van der Waals surface area contributed by atoms with Crippen LogP contribution in [0.15, 0.2) is 30.3 Å². The van der Waals surface area contributed by atoms with E-state index in [0.717, 1.165) is 39.3 Å². The van der Waals surface area contributed by atoms with E-state index in [1.165, 1.54) is 5.56 Å². The van der Waals surface area contributed by atoms with E-state index < -0.39 is 0 Å². The SMILES string of the molecule is CCOCCN1CC(Cc2ccccc2)NCC1C. The number of nitrogens with one attached hydrogen (secondary N) is 1. The van der Waals surface area contributed by atoms with Crippen LogP contribution in [0.1, 0.15) is 19.4 Å². The fourth-order valence-corrected chi connectivity index (χ4v) is 2.67. The van der Waals surface area contributed by atoms with Crippen LogP contribution in [0.2, 0.25) is 0 Å². The third kappa shape index (κ3) is 4.60. The van der Waals surface area contributed by atoms with E-state index in [-0.39, 0.29) is 0 Å². The van der Waals surface area contributed by atoms with Crippen molar-refractivity contribution in [3.8, 4) is 0 Å². The van der Waals surface area contributed by atoms with Gasteiger partial charge in [0.05, 0.1) is 6.61 Å². The minimum Gasteiger partial charge on any atom is -0.380 e. The van der Waals surface area contributed by atoms with E-state index in [2.05, 4.69) is 54.4 Å². The molecule has 1 N–H and O–H groups in total. The van der Waals surface area contributed by atoms with Gasteiger partial charge in [-0.3, -0.25) is 4.90 Å². The van der Waals surface area contributed by atoms with Crippen molar-refractivity contribution in [2.24, 2.45) is 0 Å². The average molecular weight is 262 g/mol. The molecular weight excluding hydrogens is 236 g/mol. The zero-order chi connectivity index (χ0) is 13.5. The molecule has 1 saturated heterocycles. The Labute approximate surface area is 116 Å². The Balaban J connectivity index is 1.83. The van der Waals surface area contributed by atoms with E-state index in [9.17, 15) is 0 Å². The molecule has 1 fully saturated rings. The van der Waals surface area contributed by atoms with Gasteiger partial charge >= 0.3 is 0 Å². The molecule has 2 unspecified atom stereocenters. The van der Waals surface area contributed by atoms with Crippen LogP contribution in [-0.4, -0.2) is 49.8 Å². The first-order valence-corrected chi connectivity index (χ1v) is 7.38. The Morgan fingerprint density at radius 3 is 2.84 bits per heavy atom. The molecular formula is C16H26N2O. The first-order valence-electron chi connectivity index (χ1n) is 7.38. The molecule has 19 heavy (non-hydrogen) atoms. The van der Waals surface area contributed by atoms with Crippen LogP contribution >= 0.6 is 0 Å². The highest BCUT2D eigenvalue weighted by atomic mass is 16.5. The lowest BCUT2D eigenvalue weighted by atomic mass is 10.0.